The maximum Gasteiger partial charge on any atom is 0.335 e. The van der Waals surface area contributed by atoms with Gasteiger partial charge in [-0.3, -0.25) is 0 Å². The van der Waals surface area contributed by atoms with E-state index < -0.39 is 5.97 Å². The van der Waals surface area contributed by atoms with E-state index in [0.717, 1.165) is 21.3 Å². The van der Waals surface area contributed by atoms with Crippen LogP contribution < -0.4 is 0 Å². The van der Waals surface area contributed by atoms with Gasteiger partial charge >= 0.3 is 5.97 Å². The lowest BCUT2D eigenvalue weighted by Gasteiger charge is -2.04. The standard InChI is InChI=1S/C19H17BrN2O3/c20-17-3-1-2-15(8-17)11-25-12-18-10-22(13-21-18)9-14-4-6-16(7-5-14)19(23)24/h1-8,10,13H,9,11-12H2,(H,23,24). The van der Waals surface area contributed by atoms with Gasteiger partial charge in [0.25, 0.3) is 0 Å². The van der Waals surface area contributed by atoms with Gasteiger partial charge in [-0.2, -0.15) is 0 Å². The molecule has 3 rings (SSSR count). The number of carboxylic acid groups (broad SMARTS) is 1. The first-order chi connectivity index (χ1) is 12.1. The zero-order valence-electron chi connectivity index (χ0n) is 13.4. The van der Waals surface area contributed by atoms with Crippen molar-refractivity contribution >= 4 is 21.9 Å². The average Bonchev–Trinajstić information content (AvgIpc) is 3.03. The average molecular weight is 401 g/mol. The van der Waals surface area contributed by atoms with Crippen molar-refractivity contribution in [1.82, 2.24) is 9.55 Å². The molecule has 0 aliphatic heterocycles. The number of ether oxygens (including phenoxy) is 1. The third kappa shape index (κ3) is 5.01. The second kappa shape index (κ2) is 8.09. The molecule has 6 heteroatoms. The topological polar surface area (TPSA) is 64.3 Å². The third-order valence-corrected chi connectivity index (χ3v) is 4.15. The monoisotopic (exact) mass is 400 g/mol. The zero-order chi connectivity index (χ0) is 17.6. The Kier molecular flexibility index (Phi) is 5.63. The fourth-order valence-corrected chi connectivity index (χ4v) is 2.88. The predicted octanol–water partition coefficient (Wildman–Crippen LogP) is 4.11. The maximum atomic E-state index is 10.9. The number of rotatable bonds is 7. The Hall–Kier alpha value is -2.44. The van der Waals surface area contributed by atoms with Gasteiger partial charge in [0.05, 0.1) is 30.8 Å². The van der Waals surface area contributed by atoms with Crippen LogP contribution in [0.25, 0.3) is 0 Å². The molecule has 0 bridgehead atoms. The fourth-order valence-electron chi connectivity index (χ4n) is 2.43. The van der Waals surface area contributed by atoms with Crippen LogP contribution in [0.2, 0.25) is 0 Å². The first-order valence-electron chi connectivity index (χ1n) is 7.75. The number of benzene rings is 2. The van der Waals surface area contributed by atoms with Crippen LogP contribution in [-0.2, 0) is 24.5 Å². The third-order valence-electron chi connectivity index (χ3n) is 3.66. The van der Waals surface area contributed by atoms with Crippen molar-refractivity contribution in [2.45, 2.75) is 19.8 Å². The molecule has 0 saturated heterocycles. The molecule has 0 atom stereocenters. The lowest BCUT2D eigenvalue weighted by atomic mass is 10.1. The molecule has 0 saturated carbocycles. The van der Waals surface area contributed by atoms with Crippen molar-refractivity contribution in [3.05, 3.63) is 87.9 Å². The van der Waals surface area contributed by atoms with Gasteiger partial charge in [0, 0.05) is 17.2 Å². The molecule has 0 aliphatic carbocycles. The summed E-state index contributed by atoms with van der Waals surface area (Å²) in [6.07, 6.45) is 3.69. The summed E-state index contributed by atoms with van der Waals surface area (Å²) >= 11 is 3.44. The van der Waals surface area contributed by atoms with Gasteiger partial charge in [-0.15, -0.1) is 0 Å². The van der Waals surface area contributed by atoms with Crippen molar-refractivity contribution in [2.24, 2.45) is 0 Å². The first-order valence-corrected chi connectivity index (χ1v) is 8.54. The second-order valence-corrected chi connectivity index (χ2v) is 6.58. The van der Waals surface area contributed by atoms with Gasteiger partial charge in [0.15, 0.2) is 0 Å². The first kappa shape index (κ1) is 17.4. The molecule has 1 N–H and O–H groups in total. The van der Waals surface area contributed by atoms with E-state index in [2.05, 4.69) is 20.9 Å². The Bertz CT molecular complexity index is 859. The summed E-state index contributed by atoms with van der Waals surface area (Å²) in [5, 5.41) is 8.92. The predicted molar refractivity (Wildman–Crippen MR) is 97.4 cm³/mol. The van der Waals surface area contributed by atoms with Gasteiger partial charge in [-0.25, -0.2) is 9.78 Å². The molecule has 1 heterocycles. The summed E-state index contributed by atoms with van der Waals surface area (Å²) in [6, 6.07) is 14.8. The summed E-state index contributed by atoms with van der Waals surface area (Å²) in [7, 11) is 0. The highest BCUT2D eigenvalue weighted by atomic mass is 79.9. The van der Waals surface area contributed by atoms with E-state index in [1.165, 1.54) is 0 Å². The Morgan fingerprint density at radius 3 is 2.64 bits per heavy atom. The number of carboxylic acids is 1. The molecular weight excluding hydrogens is 384 g/mol. The van der Waals surface area contributed by atoms with E-state index in [-0.39, 0.29) is 5.56 Å². The number of imidazole rings is 1. The smallest absolute Gasteiger partial charge is 0.335 e. The highest BCUT2D eigenvalue weighted by molar-refractivity contribution is 9.10. The van der Waals surface area contributed by atoms with Crippen LogP contribution in [0.15, 0.2) is 65.5 Å². The summed E-state index contributed by atoms with van der Waals surface area (Å²) < 4.78 is 8.69. The molecular formula is C19H17BrN2O3. The van der Waals surface area contributed by atoms with Crippen molar-refractivity contribution in [2.75, 3.05) is 0 Å². The van der Waals surface area contributed by atoms with Crippen molar-refractivity contribution < 1.29 is 14.6 Å². The Labute approximate surface area is 154 Å². The summed E-state index contributed by atoms with van der Waals surface area (Å²) in [5.74, 6) is -0.918. The van der Waals surface area contributed by atoms with Crippen LogP contribution in [0.4, 0.5) is 0 Å². The van der Waals surface area contributed by atoms with Crippen LogP contribution in [0.3, 0.4) is 0 Å². The molecule has 0 radical (unpaired) electrons. The summed E-state index contributed by atoms with van der Waals surface area (Å²) in [4.78, 5) is 15.2. The molecule has 0 fully saturated rings. The van der Waals surface area contributed by atoms with Gasteiger partial charge in [-0.05, 0) is 35.4 Å². The highest BCUT2D eigenvalue weighted by Gasteiger charge is 2.04. The Morgan fingerprint density at radius 2 is 1.92 bits per heavy atom. The second-order valence-electron chi connectivity index (χ2n) is 5.66. The van der Waals surface area contributed by atoms with Crippen molar-refractivity contribution in [3.63, 3.8) is 0 Å². The quantitative estimate of drug-likeness (QED) is 0.647. The van der Waals surface area contributed by atoms with E-state index in [0.29, 0.717) is 19.8 Å². The molecule has 128 valence electrons. The number of aromatic carboxylic acids is 1. The fraction of sp³-hybridized carbons (Fsp3) is 0.158. The van der Waals surface area contributed by atoms with Gasteiger partial charge < -0.3 is 14.4 Å². The van der Waals surface area contributed by atoms with E-state index in [1.54, 1.807) is 18.5 Å². The van der Waals surface area contributed by atoms with E-state index in [4.69, 9.17) is 9.84 Å². The van der Waals surface area contributed by atoms with E-state index in [9.17, 15) is 4.79 Å². The highest BCUT2D eigenvalue weighted by Crippen LogP contribution is 2.13. The van der Waals surface area contributed by atoms with Crippen LogP contribution >= 0.6 is 15.9 Å². The largest absolute Gasteiger partial charge is 0.478 e. The molecule has 0 spiro atoms. The number of halogens is 1. The Morgan fingerprint density at radius 1 is 1.12 bits per heavy atom. The molecule has 2 aromatic carbocycles. The van der Waals surface area contributed by atoms with Gasteiger partial charge in [0.1, 0.15) is 0 Å². The van der Waals surface area contributed by atoms with E-state index >= 15 is 0 Å². The van der Waals surface area contributed by atoms with Crippen LogP contribution in [-0.4, -0.2) is 20.6 Å². The Balaban J connectivity index is 1.52. The number of hydrogen-bond donors (Lipinski definition) is 1. The van der Waals surface area contributed by atoms with Gasteiger partial charge in [-0.1, -0.05) is 40.2 Å². The van der Waals surface area contributed by atoms with Crippen LogP contribution in [0, 0.1) is 0 Å². The van der Waals surface area contributed by atoms with Crippen molar-refractivity contribution in [1.29, 1.82) is 0 Å². The summed E-state index contributed by atoms with van der Waals surface area (Å²) in [5.41, 5.74) is 3.27. The minimum Gasteiger partial charge on any atom is -0.478 e. The molecule has 0 amide bonds. The number of nitrogens with zero attached hydrogens (tertiary/aromatic N) is 2. The molecule has 0 unspecified atom stereocenters. The van der Waals surface area contributed by atoms with Crippen molar-refractivity contribution in [3.8, 4) is 0 Å². The minimum atomic E-state index is -0.918. The van der Waals surface area contributed by atoms with Crippen LogP contribution in [0.1, 0.15) is 27.2 Å². The van der Waals surface area contributed by atoms with Crippen LogP contribution in [0.5, 0.6) is 0 Å². The summed E-state index contributed by atoms with van der Waals surface area (Å²) in [6.45, 7) is 1.61. The van der Waals surface area contributed by atoms with E-state index in [1.807, 2.05) is 47.2 Å². The lowest BCUT2D eigenvalue weighted by molar-refractivity contribution is 0.0697. The number of carbonyl (C=O) groups is 1. The minimum absolute atomic E-state index is 0.288. The number of aromatic nitrogens is 2. The SMILES string of the molecule is O=C(O)c1ccc(Cn2cnc(COCc3cccc(Br)c3)c2)cc1. The lowest BCUT2D eigenvalue weighted by Crippen LogP contribution is -1.99. The molecule has 0 aliphatic rings. The molecule has 5 nitrogen and oxygen atoms in total. The zero-order valence-corrected chi connectivity index (χ0v) is 15.0. The molecule has 3 aromatic rings. The number of hydrogen-bond acceptors (Lipinski definition) is 3. The molecule has 1 aromatic heterocycles. The van der Waals surface area contributed by atoms with Gasteiger partial charge in [0.2, 0.25) is 0 Å². The normalized spacial score (nSPS) is 10.8. The maximum absolute atomic E-state index is 10.9. The molecule has 25 heavy (non-hydrogen) atoms.